The van der Waals surface area contributed by atoms with Gasteiger partial charge >= 0.3 is 18.1 Å². The Kier molecular flexibility index (Phi) is 7.82. The van der Waals surface area contributed by atoms with Gasteiger partial charge in [-0.15, -0.1) is 0 Å². The minimum Gasteiger partial charge on any atom is -0.468 e. The van der Waals surface area contributed by atoms with Gasteiger partial charge in [0.2, 0.25) is 0 Å². The lowest BCUT2D eigenvalue weighted by Gasteiger charge is -2.27. The van der Waals surface area contributed by atoms with E-state index in [9.17, 15) is 14.4 Å². The Morgan fingerprint density at radius 1 is 1.00 bits per heavy atom. The fourth-order valence-corrected chi connectivity index (χ4v) is 3.16. The van der Waals surface area contributed by atoms with Gasteiger partial charge in [0.25, 0.3) is 0 Å². The van der Waals surface area contributed by atoms with Crippen molar-refractivity contribution in [1.82, 2.24) is 4.98 Å². The molecule has 0 saturated carbocycles. The van der Waals surface area contributed by atoms with Gasteiger partial charge in [-0.3, -0.25) is 9.59 Å². The second kappa shape index (κ2) is 10.3. The van der Waals surface area contributed by atoms with Gasteiger partial charge in [0.1, 0.15) is 6.61 Å². The van der Waals surface area contributed by atoms with Gasteiger partial charge in [0.15, 0.2) is 5.41 Å². The summed E-state index contributed by atoms with van der Waals surface area (Å²) in [6.45, 7) is -0.0481. The molecule has 0 spiro atoms. The van der Waals surface area contributed by atoms with Crippen molar-refractivity contribution in [3.63, 3.8) is 0 Å². The smallest absolute Gasteiger partial charge is 0.468 e. The molecule has 0 amide bonds. The number of aromatic amines is 1. The minimum absolute atomic E-state index is 0.0409. The van der Waals surface area contributed by atoms with E-state index in [4.69, 9.17) is 14.2 Å². The molecular weight excluding hydrogens is 378 g/mol. The molecule has 8 nitrogen and oxygen atoms in total. The Hall–Kier alpha value is -3.29. The van der Waals surface area contributed by atoms with Crippen molar-refractivity contribution in [2.45, 2.75) is 19.3 Å². The molecule has 0 aliphatic rings. The molecule has 156 valence electrons. The van der Waals surface area contributed by atoms with Crippen LogP contribution in [0.25, 0.3) is 10.9 Å². The topological polar surface area (TPSA) is 104 Å². The van der Waals surface area contributed by atoms with Crippen LogP contribution in [0.4, 0.5) is 4.79 Å². The van der Waals surface area contributed by atoms with Crippen LogP contribution in [0.3, 0.4) is 0 Å². The summed E-state index contributed by atoms with van der Waals surface area (Å²) >= 11 is 0. The average molecular weight is 403 g/mol. The Morgan fingerprint density at radius 2 is 1.69 bits per heavy atom. The molecule has 1 aromatic heterocycles. The normalized spacial score (nSPS) is 11.4. The molecule has 0 fully saturated rings. The molecule has 0 atom stereocenters. The van der Waals surface area contributed by atoms with Crippen molar-refractivity contribution in [2.24, 2.45) is 5.41 Å². The van der Waals surface area contributed by atoms with Crippen molar-refractivity contribution >= 4 is 29.0 Å². The third-order valence-electron chi connectivity index (χ3n) is 4.75. The lowest BCUT2D eigenvalue weighted by Crippen LogP contribution is -2.41. The van der Waals surface area contributed by atoms with Crippen LogP contribution < -0.4 is 0 Å². The van der Waals surface area contributed by atoms with E-state index >= 15 is 0 Å². The SMILES string of the molecule is COC(=O)OC/C=C/CC(CCc1c[nH]c2ccccc12)(C(=O)OC)C(=O)OC. The Balaban J connectivity index is 2.21. The maximum atomic E-state index is 12.6. The zero-order chi connectivity index (χ0) is 21.3. The number of aromatic nitrogens is 1. The largest absolute Gasteiger partial charge is 0.508 e. The summed E-state index contributed by atoms with van der Waals surface area (Å²) in [5, 5.41) is 1.03. The first-order chi connectivity index (χ1) is 14.0. The van der Waals surface area contributed by atoms with Crippen LogP contribution >= 0.6 is 0 Å². The van der Waals surface area contributed by atoms with Gasteiger partial charge in [-0.1, -0.05) is 30.4 Å². The number of allylic oxidation sites excluding steroid dienone is 1. The number of carbonyl (C=O) groups excluding carboxylic acids is 3. The number of benzene rings is 1. The molecule has 0 saturated heterocycles. The van der Waals surface area contributed by atoms with Crippen LogP contribution in [0.1, 0.15) is 18.4 Å². The molecule has 1 aromatic carbocycles. The van der Waals surface area contributed by atoms with Gasteiger partial charge < -0.3 is 23.9 Å². The lowest BCUT2D eigenvalue weighted by molar-refractivity contribution is -0.169. The Morgan fingerprint density at radius 3 is 2.34 bits per heavy atom. The summed E-state index contributed by atoms with van der Waals surface area (Å²) in [5.74, 6) is -1.36. The minimum atomic E-state index is -1.51. The van der Waals surface area contributed by atoms with Gasteiger partial charge in [0.05, 0.1) is 21.3 Å². The van der Waals surface area contributed by atoms with E-state index < -0.39 is 23.5 Å². The number of fused-ring (bicyclic) bond motifs is 1. The number of nitrogens with one attached hydrogen (secondary N) is 1. The fourth-order valence-electron chi connectivity index (χ4n) is 3.16. The predicted molar refractivity (Wildman–Crippen MR) is 105 cm³/mol. The number of aryl methyl sites for hydroxylation is 1. The van der Waals surface area contributed by atoms with E-state index in [1.165, 1.54) is 27.4 Å². The van der Waals surface area contributed by atoms with Crippen LogP contribution in [-0.4, -0.2) is 51.0 Å². The van der Waals surface area contributed by atoms with E-state index in [2.05, 4.69) is 9.72 Å². The number of carbonyl (C=O) groups is 3. The highest BCUT2D eigenvalue weighted by Crippen LogP contribution is 2.34. The number of methoxy groups -OCH3 is 3. The molecule has 0 unspecified atom stereocenters. The molecule has 0 aliphatic carbocycles. The van der Waals surface area contributed by atoms with Crippen LogP contribution in [0.2, 0.25) is 0 Å². The van der Waals surface area contributed by atoms with Crippen molar-refractivity contribution in [3.8, 4) is 0 Å². The van der Waals surface area contributed by atoms with Gasteiger partial charge in [-0.2, -0.15) is 0 Å². The number of ether oxygens (including phenoxy) is 4. The molecule has 29 heavy (non-hydrogen) atoms. The standard InChI is InChI=1S/C21H25NO7/c1-26-18(23)21(19(24)27-2,11-6-7-13-29-20(25)28-3)12-10-15-14-22-17-9-5-4-8-16(15)17/h4-9,14,22H,10-13H2,1-3H3/b7-6+. The maximum Gasteiger partial charge on any atom is 0.508 e. The van der Waals surface area contributed by atoms with Crippen LogP contribution in [0.5, 0.6) is 0 Å². The quantitative estimate of drug-likeness (QED) is 0.297. The fraction of sp³-hybridized carbons (Fsp3) is 0.381. The second-order valence-electron chi connectivity index (χ2n) is 6.37. The number of hydrogen-bond acceptors (Lipinski definition) is 7. The second-order valence-corrected chi connectivity index (χ2v) is 6.37. The Labute approximate surface area is 168 Å². The van der Waals surface area contributed by atoms with E-state index in [0.717, 1.165) is 16.5 Å². The number of hydrogen-bond donors (Lipinski definition) is 1. The van der Waals surface area contributed by atoms with E-state index in [1.807, 2.05) is 30.5 Å². The van der Waals surface area contributed by atoms with Crippen molar-refractivity contribution in [2.75, 3.05) is 27.9 Å². The zero-order valence-electron chi connectivity index (χ0n) is 16.7. The summed E-state index contributed by atoms with van der Waals surface area (Å²) in [4.78, 5) is 39.4. The third kappa shape index (κ3) is 5.16. The molecule has 8 heteroatoms. The number of esters is 2. The molecule has 2 rings (SSSR count). The molecular formula is C21H25NO7. The average Bonchev–Trinajstić information content (AvgIpc) is 3.17. The molecule has 0 aliphatic heterocycles. The van der Waals surface area contributed by atoms with E-state index in [1.54, 1.807) is 6.08 Å². The highest BCUT2D eigenvalue weighted by molar-refractivity contribution is 6.00. The predicted octanol–water partition coefficient (Wildman–Crippen LogP) is 3.16. The highest BCUT2D eigenvalue weighted by atomic mass is 16.7. The van der Waals surface area contributed by atoms with E-state index in [-0.39, 0.29) is 19.4 Å². The molecule has 0 bridgehead atoms. The summed E-state index contributed by atoms with van der Waals surface area (Å²) in [6, 6.07) is 7.79. The summed E-state index contributed by atoms with van der Waals surface area (Å²) in [6.07, 6.45) is 4.86. The van der Waals surface area contributed by atoms with Crippen molar-refractivity contribution in [1.29, 1.82) is 0 Å². The first kappa shape index (κ1) is 22.0. The van der Waals surface area contributed by atoms with Crippen molar-refractivity contribution in [3.05, 3.63) is 48.2 Å². The number of H-pyrrole nitrogens is 1. The molecule has 1 heterocycles. The Bertz CT molecular complexity index is 868. The highest BCUT2D eigenvalue weighted by Gasteiger charge is 2.47. The first-order valence-corrected chi connectivity index (χ1v) is 9.06. The zero-order valence-corrected chi connectivity index (χ0v) is 16.7. The first-order valence-electron chi connectivity index (χ1n) is 9.06. The summed E-state index contributed by atoms with van der Waals surface area (Å²) < 4.78 is 19.0. The van der Waals surface area contributed by atoms with Gasteiger partial charge in [-0.25, -0.2) is 4.79 Å². The van der Waals surface area contributed by atoms with Crippen LogP contribution in [0, 0.1) is 5.41 Å². The number of rotatable bonds is 9. The van der Waals surface area contributed by atoms with Gasteiger partial charge in [-0.05, 0) is 30.9 Å². The third-order valence-corrected chi connectivity index (χ3v) is 4.75. The summed E-state index contributed by atoms with van der Waals surface area (Å²) in [7, 11) is 3.67. The van der Waals surface area contributed by atoms with Gasteiger partial charge in [0, 0.05) is 17.1 Å². The van der Waals surface area contributed by atoms with Crippen molar-refractivity contribution < 1.29 is 33.3 Å². The summed E-state index contributed by atoms with van der Waals surface area (Å²) in [5.41, 5.74) is 0.448. The lowest BCUT2D eigenvalue weighted by atomic mass is 9.78. The monoisotopic (exact) mass is 403 g/mol. The molecule has 1 N–H and O–H groups in total. The molecule has 2 aromatic rings. The van der Waals surface area contributed by atoms with E-state index in [0.29, 0.717) is 6.42 Å². The maximum absolute atomic E-state index is 12.6. The van der Waals surface area contributed by atoms with Crippen LogP contribution in [-0.2, 0) is 35.0 Å². The molecule has 0 radical (unpaired) electrons. The van der Waals surface area contributed by atoms with Crippen LogP contribution in [0.15, 0.2) is 42.6 Å². The number of para-hydroxylation sites is 1.